The van der Waals surface area contributed by atoms with Crippen LogP contribution in [0.4, 0.5) is 0 Å². The van der Waals surface area contributed by atoms with Crippen molar-refractivity contribution < 1.29 is 0 Å². The van der Waals surface area contributed by atoms with Gasteiger partial charge in [-0.2, -0.15) is 0 Å². The van der Waals surface area contributed by atoms with Crippen LogP contribution in [-0.4, -0.2) is 5.66 Å². The minimum atomic E-state index is -0.420. The lowest BCUT2D eigenvalue weighted by Crippen LogP contribution is -2.51. The van der Waals surface area contributed by atoms with Crippen LogP contribution >= 0.6 is 0 Å². The quantitative estimate of drug-likeness (QED) is 0.513. The molecule has 0 radical (unpaired) electrons. The molecule has 1 aliphatic rings. The van der Waals surface area contributed by atoms with Crippen LogP contribution in [0.1, 0.15) is 32.6 Å². The van der Waals surface area contributed by atoms with Crippen molar-refractivity contribution in [3.8, 4) is 0 Å². The maximum atomic E-state index is 5.72. The summed E-state index contributed by atoms with van der Waals surface area (Å²) in [5.74, 6) is 0.567. The number of hydrogen-bond acceptors (Lipinski definition) is 2. The summed E-state index contributed by atoms with van der Waals surface area (Å²) < 4.78 is 0. The Balaban J connectivity index is 2.42. The van der Waals surface area contributed by atoms with Gasteiger partial charge in [0, 0.05) is 0 Å². The fraction of sp³-hybridized carbons (Fsp3) is 1.00. The third-order valence-corrected chi connectivity index (χ3v) is 2.23. The number of rotatable bonds is 1. The Morgan fingerprint density at radius 2 is 1.67 bits per heavy atom. The Morgan fingerprint density at radius 3 is 1.89 bits per heavy atom. The monoisotopic (exact) mass is 128 g/mol. The molecule has 0 amide bonds. The van der Waals surface area contributed by atoms with Gasteiger partial charge in [-0.05, 0) is 25.7 Å². The average molecular weight is 128 g/mol. The van der Waals surface area contributed by atoms with E-state index in [-0.39, 0.29) is 0 Å². The van der Waals surface area contributed by atoms with Gasteiger partial charge in [-0.3, -0.25) is 0 Å². The van der Waals surface area contributed by atoms with E-state index in [1.807, 2.05) is 6.92 Å². The average Bonchev–Trinajstić information content (AvgIpc) is 2.08. The predicted octanol–water partition coefficient (Wildman–Crippen LogP) is 0.810. The molecule has 1 fully saturated rings. The SMILES string of the molecule is CC(N)(N)C1CCCC1. The maximum Gasteiger partial charge on any atom is 0.0636 e. The van der Waals surface area contributed by atoms with Crippen molar-refractivity contribution in [3.05, 3.63) is 0 Å². The first-order chi connectivity index (χ1) is 4.11. The predicted molar refractivity (Wildman–Crippen MR) is 38.7 cm³/mol. The third kappa shape index (κ3) is 1.66. The molecule has 0 unspecified atom stereocenters. The van der Waals surface area contributed by atoms with E-state index >= 15 is 0 Å². The van der Waals surface area contributed by atoms with Gasteiger partial charge >= 0.3 is 0 Å². The molecule has 0 aromatic rings. The normalized spacial score (nSPS) is 23.0. The summed E-state index contributed by atoms with van der Waals surface area (Å²) in [6.45, 7) is 1.92. The molecular weight excluding hydrogens is 112 g/mol. The summed E-state index contributed by atoms with van der Waals surface area (Å²) in [6.07, 6.45) is 5.08. The van der Waals surface area contributed by atoms with Gasteiger partial charge in [0.1, 0.15) is 0 Å². The van der Waals surface area contributed by atoms with Crippen LogP contribution in [0.15, 0.2) is 0 Å². The van der Waals surface area contributed by atoms with Gasteiger partial charge in [0.25, 0.3) is 0 Å². The summed E-state index contributed by atoms with van der Waals surface area (Å²) in [6, 6.07) is 0. The molecule has 0 bridgehead atoms. The van der Waals surface area contributed by atoms with Gasteiger partial charge in [0.15, 0.2) is 0 Å². The van der Waals surface area contributed by atoms with Crippen LogP contribution in [0.2, 0.25) is 0 Å². The molecule has 0 aromatic carbocycles. The third-order valence-electron chi connectivity index (χ3n) is 2.23. The van der Waals surface area contributed by atoms with Gasteiger partial charge in [-0.25, -0.2) is 0 Å². The first-order valence-electron chi connectivity index (χ1n) is 3.68. The van der Waals surface area contributed by atoms with Crippen molar-refractivity contribution in [2.75, 3.05) is 0 Å². The van der Waals surface area contributed by atoms with E-state index < -0.39 is 5.66 Å². The second-order valence-electron chi connectivity index (χ2n) is 3.35. The lowest BCUT2D eigenvalue weighted by Gasteiger charge is -2.25. The van der Waals surface area contributed by atoms with Crippen molar-refractivity contribution in [3.63, 3.8) is 0 Å². The van der Waals surface area contributed by atoms with Crippen LogP contribution in [-0.2, 0) is 0 Å². The summed E-state index contributed by atoms with van der Waals surface area (Å²) in [7, 11) is 0. The van der Waals surface area contributed by atoms with E-state index in [1.165, 1.54) is 25.7 Å². The van der Waals surface area contributed by atoms with Crippen molar-refractivity contribution in [2.24, 2.45) is 17.4 Å². The van der Waals surface area contributed by atoms with E-state index in [0.29, 0.717) is 5.92 Å². The Hall–Kier alpha value is -0.0800. The van der Waals surface area contributed by atoms with E-state index in [9.17, 15) is 0 Å². The molecule has 0 aromatic heterocycles. The smallest absolute Gasteiger partial charge is 0.0636 e. The fourth-order valence-corrected chi connectivity index (χ4v) is 1.55. The molecule has 1 saturated carbocycles. The van der Waals surface area contributed by atoms with Gasteiger partial charge in [0.2, 0.25) is 0 Å². The molecular formula is C7H16N2. The molecule has 0 saturated heterocycles. The molecule has 1 aliphatic carbocycles. The van der Waals surface area contributed by atoms with E-state index in [0.717, 1.165) is 0 Å². The Bertz CT molecular complexity index is 87.6. The Kier molecular flexibility index (Phi) is 1.78. The summed E-state index contributed by atoms with van der Waals surface area (Å²) in [5.41, 5.74) is 11.0. The molecule has 54 valence electrons. The van der Waals surface area contributed by atoms with Crippen molar-refractivity contribution >= 4 is 0 Å². The van der Waals surface area contributed by atoms with Crippen molar-refractivity contribution in [1.82, 2.24) is 0 Å². The summed E-state index contributed by atoms with van der Waals surface area (Å²) in [5, 5.41) is 0. The van der Waals surface area contributed by atoms with Crippen molar-refractivity contribution in [2.45, 2.75) is 38.3 Å². The van der Waals surface area contributed by atoms with E-state index in [2.05, 4.69) is 0 Å². The zero-order valence-electron chi connectivity index (χ0n) is 6.06. The largest absolute Gasteiger partial charge is 0.313 e. The first-order valence-corrected chi connectivity index (χ1v) is 3.68. The number of nitrogens with two attached hydrogens (primary N) is 2. The molecule has 0 spiro atoms. The van der Waals surface area contributed by atoms with Gasteiger partial charge in [-0.15, -0.1) is 0 Å². The Morgan fingerprint density at radius 1 is 1.22 bits per heavy atom. The summed E-state index contributed by atoms with van der Waals surface area (Å²) in [4.78, 5) is 0. The molecule has 2 heteroatoms. The van der Waals surface area contributed by atoms with Gasteiger partial charge in [-0.1, -0.05) is 12.8 Å². The standard InChI is InChI=1S/C7H16N2/c1-7(8,9)6-4-2-3-5-6/h6H,2-5,8-9H2,1H3. The van der Waals surface area contributed by atoms with Crippen LogP contribution in [0.25, 0.3) is 0 Å². The minimum absolute atomic E-state index is 0.420. The summed E-state index contributed by atoms with van der Waals surface area (Å²) >= 11 is 0. The molecule has 1 rings (SSSR count). The second-order valence-corrected chi connectivity index (χ2v) is 3.35. The van der Waals surface area contributed by atoms with Crippen LogP contribution in [0.3, 0.4) is 0 Å². The highest BCUT2D eigenvalue weighted by Crippen LogP contribution is 2.29. The van der Waals surface area contributed by atoms with Crippen molar-refractivity contribution in [1.29, 1.82) is 0 Å². The van der Waals surface area contributed by atoms with Gasteiger partial charge < -0.3 is 11.5 Å². The second kappa shape index (κ2) is 2.27. The molecule has 4 N–H and O–H groups in total. The van der Waals surface area contributed by atoms with Crippen LogP contribution in [0.5, 0.6) is 0 Å². The lowest BCUT2D eigenvalue weighted by molar-refractivity contribution is 0.310. The molecule has 0 heterocycles. The van der Waals surface area contributed by atoms with Crippen LogP contribution < -0.4 is 11.5 Å². The molecule has 9 heavy (non-hydrogen) atoms. The number of hydrogen-bond donors (Lipinski definition) is 2. The highest BCUT2D eigenvalue weighted by atomic mass is 15.0. The lowest BCUT2D eigenvalue weighted by atomic mass is 9.95. The highest BCUT2D eigenvalue weighted by Gasteiger charge is 2.28. The zero-order chi connectivity index (χ0) is 6.91. The molecule has 2 nitrogen and oxygen atoms in total. The molecule has 0 aliphatic heterocycles. The van der Waals surface area contributed by atoms with E-state index in [1.54, 1.807) is 0 Å². The topological polar surface area (TPSA) is 52.0 Å². The van der Waals surface area contributed by atoms with E-state index in [4.69, 9.17) is 11.5 Å². The van der Waals surface area contributed by atoms with Crippen LogP contribution in [0, 0.1) is 5.92 Å². The first kappa shape index (κ1) is 7.03. The highest BCUT2D eigenvalue weighted by molar-refractivity contribution is 4.83. The maximum absolute atomic E-state index is 5.72. The molecule has 0 atom stereocenters. The zero-order valence-corrected chi connectivity index (χ0v) is 6.06. The fourth-order valence-electron chi connectivity index (χ4n) is 1.55. The van der Waals surface area contributed by atoms with Gasteiger partial charge in [0.05, 0.1) is 5.66 Å². The minimum Gasteiger partial charge on any atom is -0.313 e. The Labute approximate surface area is 56.6 Å².